The Morgan fingerprint density at radius 3 is 2.52 bits per heavy atom. The van der Waals surface area contributed by atoms with Gasteiger partial charge in [0.2, 0.25) is 0 Å². The zero-order chi connectivity index (χ0) is 24.0. The third kappa shape index (κ3) is 6.03. The lowest BCUT2D eigenvalue weighted by Crippen LogP contribution is -2.14. The number of hydrogen-bond acceptors (Lipinski definition) is 7. The number of aliphatic hydroxyl groups is 1. The second-order valence-corrected chi connectivity index (χ2v) is 7.95. The molecule has 10 heteroatoms. The Morgan fingerprint density at radius 1 is 1.15 bits per heavy atom. The minimum absolute atomic E-state index is 0.0126. The highest BCUT2D eigenvalue weighted by Crippen LogP contribution is 2.40. The number of ether oxygens (including phenoxy) is 2. The van der Waals surface area contributed by atoms with E-state index in [1.807, 2.05) is 0 Å². The van der Waals surface area contributed by atoms with Crippen molar-refractivity contribution in [3.63, 3.8) is 0 Å². The summed E-state index contributed by atoms with van der Waals surface area (Å²) in [4.78, 5) is 39.9. The van der Waals surface area contributed by atoms with Gasteiger partial charge in [-0.3, -0.25) is 4.79 Å². The first kappa shape index (κ1) is 24.1. The van der Waals surface area contributed by atoms with E-state index in [-0.39, 0.29) is 38.7 Å². The van der Waals surface area contributed by atoms with Gasteiger partial charge in [0.15, 0.2) is 6.61 Å². The van der Waals surface area contributed by atoms with E-state index in [4.69, 9.17) is 26.2 Å². The van der Waals surface area contributed by atoms with Crippen molar-refractivity contribution in [2.24, 2.45) is 4.99 Å². The third-order valence-corrected chi connectivity index (χ3v) is 5.51. The first-order valence-electron chi connectivity index (χ1n) is 9.63. The number of thioether (sulfide) groups is 1. The van der Waals surface area contributed by atoms with Crippen LogP contribution in [0.15, 0.2) is 69.8 Å². The topological polar surface area (TPSA) is 122 Å². The number of esters is 1. The van der Waals surface area contributed by atoms with Crippen molar-refractivity contribution in [3.8, 4) is 5.75 Å². The highest BCUT2D eigenvalue weighted by molar-refractivity contribution is 8.18. The first-order valence-corrected chi connectivity index (χ1v) is 10.8. The highest BCUT2D eigenvalue weighted by Gasteiger charge is 2.34. The number of carboxylic acid groups (broad SMARTS) is 1. The standard InChI is InChI=1S/C23H18ClNO7S/c1-2-31-23(30)19-20(28)17(33-22(19)25-21(29)14-6-4-3-5-7-14)11-13-8-9-16(15(24)10-13)32-12-18(26)27/h3-11,28H,2,12H2,1H3,(H,26,27)/b17-11-,25-22?. The van der Waals surface area contributed by atoms with Crippen LogP contribution < -0.4 is 4.74 Å². The van der Waals surface area contributed by atoms with Crippen LogP contribution >= 0.6 is 23.4 Å². The van der Waals surface area contributed by atoms with E-state index >= 15 is 0 Å². The van der Waals surface area contributed by atoms with Gasteiger partial charge in [-0.15, -0.1) is 0 Å². The summed E-state index contributed by atoms with van der Waals surface area (Å²) < 4.78 is 10.1. The lowest BCUT2D eigenvalue weighted by Gasteiger charge is -2.06. The second kappa shape index (κ2) is 10.8. The van der Waals surface area contributed by atoms with Gasteiger partial charge in [-0.05, 0) is 42.8 Å². The van der Waals surface area contributed by atoms with Crippen molar-refractivity contribution in [2.75, 3.05) is 13.2 Å². The molecule has 2 N–H and O–H groups in total. The smallest absolute Gasteiger partial charge is 0.344 e. The Morgan fingerprint density at radius 2 is 1.88 bits per heavy atom. The number of aliphatic carboxylic acids is 1. The van der Waals surface area contributed by atoms with Crippen molar-refractivity contribution in [3.05, 3.63) is 80.9 Å². The summed E-state index contributed by atoms with van der Waals surface area (Å²) in [6.07, 6.45) is 1.54. The van der Waals surface area contributed by atoms with Crippen molar-refractivity contribution in [1.29, 1.82) is 0 Å². The van der Waals surface area contributed by atoms with Gasteiger partial charge in [0.1, 0.15) is 22.1 Å². The summed E-state index contributed by atoms with van der Waals surface area (Å²) in [6, 6.07) is 12.9. The van der Waals surface area contributed by atoms with E-state index < -0.39 is 24.5 Å². The van der Waals surface area contributed by atoms with Gasteiger partial charge >= 0.3 is 11.9 Å². The summed E-state index contributed by atoms with van der Waals surface area (Å²) in [5, 5.41) is 19.6. The molecule has 1 amide bonds. The summed E-state index contributed by atoms with van der Waals surface area (Å²) in [6.45, 7) is 1.15. The molecule has 0 aliphatic carbocycles. The van der Waals surface area contributed by atoms with E-state index in [2.05, 4.69) is 4.99 Å². The molecule has 170 valence electrons. The molecule has 0 saturated carbocycles. The van der Waals surface area contributed by atoms with Crippen LogP contribution in [0.1, 0.15) is 22.8 Å². The molecule has 0 fully saturated rings. The Balaban J connectivity index is 1.94. The number of aliphatic imine (C=N–C) groups is 1. The molecule has 0 atom stereocenters. The number of aliphatic hydroxyl groups excluding tert-OH is 1. The molecule has 0 spiro atoms. The fourth-order valence-corrected chi connectivity index (χ4v) is 4.00. The maximum atomic E-state index is 12.5. The van der Waals surface area contributed by atoms with Crippen LogP contribution in [0.25, 0.3) is 6.08 Å². The van der Waals surface area contributed by atoms with Crippen LogP contribution in [0.4, 0.5) is 0 Å². The molecule has 8 nitrogen and oxygen atoms in total. The highest BCUT2D eigenvalue weighted by atomic mass is 35.5. The van der Waals surface area contributed by atoms with E-state index in [0.29, 0.717) is 11.1 Å². The number of carbonyl (C=O) groups excluding carboxylic acids is 2. The molecule has 3 rings (SSSR count). The molecule has 33 heavy (non-hydrogen) atoms. The van der Waals surface area contributed by atoms with E-state index in [1.165, 1.54) is 12.1 Å². The van der Waals surface area contributed by atoms with Crippen LogP contribution in [-0.4, -0.2) is 46.3 Å². The monoisotopic (exact) mass is 487 g/mol. The van der Waals surface area contributed by atoms with Crippen molar-refractivity contribution >= 4 is 52.3 Å². The molecule has 1 heterocycles. The lowest BCUT2D eigenvalue weighted by atomic mass is 10.1. The molecular weight excluding hydrogens is 470 g/mol. The van der Waals surface area contributed by atoms with Gasteiger partial charge in [-0.1, -0.05) is 47.6 Å². The fraction of sp³-hybridized carbons (Fsp3) is 0.130. The number of rotatable bonds is 7. The Labute approximate surface area is 198 Å². The zero-order valence-corrected chi connectivity index (χ0v) is 18.9. The maximum absolute atomic E-state index is 12.5. The third-order valence-electron chi connectivity index (χ3n) is 4.20. The Bertz CT molecular complexity index is 1190. The SMILES string of the molecule is CCOC(=O)C1=C(O)/C(=C/c2ccc(OCC(=O)O)c(Cl)c2)SC1=NC(=O)c1ccccc1. The summed E-state index contributed by atoms with van der Waals surface area (Å²) in [5.74, 6) is -2.71. The van der Waals surface area contributed by atoms with Gasteiger partial charge in [0.25, 0.3) is 5.91 Å². The minimum Gasteiger partial charge on any atom is -0.506 e. The molecule has 2 aromatic rings. The van der Waals surface area contributed by atoms with Gasteiger partial charge < -0.3 is 19.7 Å². The van der Waals surface area contributed by atoms with E-state index in [0.717, 1.165) is 11.8 Å². The summed E-state index contributed by atoms with van der Waals surface area (Å²) >= 11 is 7.09. The predicted octanol–water partition coefficient (Wildman–Crippen LogP) is 4.51. The minimum atomic E-state index is -1.14. The Hall–Kier alpha value is -3.56. The van der Waals surface area contributed by atoms with Crippen LogP contribution in [-0.2, 0) is 14.3 Å². The molecule has 1 aliphatic heterocycles. The number of benzene rings is 2. The summed E-state index contributed by atoms with van der Waals surface area (Å²) in [5.41, 5.74) is 0.662. The predicted molar refractivity (Wildman–Crippen MR) is 125 cm³/mol. The van der Waals surface area contributed by atoms with Crippen LogP contribution in [0.2, 0.25) is 5.02 Å². The van der Waals surface area contributed by atoms with Gasteiger partial charge in [-0.25, -0.2) is 14.6 Å². The van der Waals surface area contributed by atoms with Gasteiger partial charge in [-0.2, -0.15) is 0 Å². The average Bonchev–Trinajstić information content (AvgIpc) is 3.08. The van der Waals surface area contributed by atoms with Gasteiger partial charge in [0.05, 0.1) is 16.5 Å². The average molecular weight is 488 g/mol. The first-order chi connectivity index (χ1) is 15.8. The number of carboxylic acids is 1. The number of nitrogens with zero attached hydrogens (tertiary/aromatic N) is 1. The number of hydrogen-bond donors (Lipinski definition) is 2. The zero-order valence-electron chi connectivity index (χ0n) is 17.3. The molecule has 0 saturated heterocycles. The van der Waals surface area contributed by atoms with Crippen molar-refractivity contribution in [2.45, 2.75) is 6.92 Å². The second-order valence-electron chi connectivity index (χ2n) is 6.52. The number of carbonyl (C=O) groups is 3. The molecular formula is C23H18ClNO7S. The van der Waals surface area contributed by atoms with Gasteiger partial charge in [0, 0.05) is 5.56 Å². The maximum Gasteiger partial charge on any atom is 0.344 e. The molecule has 0 radical (unpaired) electrons. The van der Waals surface area contributed by atoms with E-state index in [1.54, 1.807) is 49.4 Å². The van der Waals surface area contributed by atoms with Crippen LogP contribution in [0.3, 0.4) is 0 Å². The molecule has 0 unspecified atom stereocenters. The normalized spacial score (nSPS) is 15.7. The van der Waals surface area contributed by atoms with Crippen LogP contribution in [0.5, 0.6) is 5.75 Å². The largest absolute Gasteiger partial charge is 0.506 e. The van der Waals surface area contributed by atoms with Crippen molar-refractivity contribution in [1.82, 2.24) is 0 Å². The summed E-state index contributed by atoms with van der Waals surface area (Å²) in [7, 11) is 0. The number of amides is 1. The number of halogens is 1. The van der Waals surface area contributed by atoms with Crippen molar-refractivity contribution < 1.29 is 34.1 Å². The lowest BCUT2D eigenvalue weighted by molar-refractivity contribution is -0.139. The van der Waals surface area contributed by atoms with E-state index in [9.17, 15) is 19.5 Å². The molecule has 0 bridgehead atoms. The Kier molecular flexibility index (Phi) is 7.92. The van der Waals surface area contributed by atoms with Crippen LogP contribution in [0, 0.1) is 0 Å². The fourth-order valence-electron chi connectivity index (χ4n) is 2.74. The quantitative estimate of drug-likeness (QED) is 0.547. The molecule has 2 aromatic carbocycles. The molecule has 1 aliphatic rings. The molecule has 0 aromatic heterocycles.